The van der Waals surface area contributed by atoms with Crippen molar-refractivity contribution in [2.45, 2.75) is 64.9 Å². The van der Waals surface area contributed by atoms with Gasteiger partial charge in [0, 0.05) is 12.0 Å². The highest BCUT2D eigenvalue weighted by atomic mass is 16.6. The Balaban J connectivity index is 1.92. The van der Waals surface area contributed by atoms with E-state index in [9.17, 15) is 14.4 Å². The summed E-state index contributed by atoms with van der Waals surface area (Å²) in [7, 11) is 0. The van der Waals surface area contributed by atoms with Crippen LogP contribution >= 0.6 is 0 Å². The maximum atomic E-state index is 13.0. The summed E-state index contributed by atoms with van der Waals surface area (Å²) in [5.74, 6) is -0.737. The zero-order valence-electron chi connectivity index (χ0n) is 16.7. The molecule has 1 aliphatic carbocycles. The molecule has 0 radical (unpaired) electrons. The van der Waals surface area contributed by atoms with Crippen LogP contribution in [0.15, 0.2) is 58.6 Å². The van der Waals surface area contributed by atoms with Gasteiger partial charge in [-0.05, 0) is 44.1 Å². The van der Waals surface area contributed by atoms with Gasteiger partial charge in [0.25, 0.3) is 0 Å². The van der Waals surface area contributed by atoms with Crippen LogP contribution in [0.4, 0.5) is 0 Å². The minimum Gasteiger partial charge on any atom is -0.464 e. The van der Waals surface area contributed by atoms with Crippen molar-refractivity contribution in [2.24, 2.45) is 0 Å². The van der Waals surface area contributed by atoms with E-state index in [-0.39, 0.29) is 23.6 Å². The number of ether oxygens (including phenoxy) is 2. The maximum Gasteiger partial charge on any atom is 0.343 e. The fraction of sp³-hybridized carbons (Fsp3) is 0.435. The average molecular weight is 382 g/mol. The number of esters is 1. The summed E-state index contributed by atoms with van der Waals surface area (Å²) in [5, 5.41) is 0. The zero-order valence-corrected chi connectivity index (χ0v) is 16.7. The van der Waals surface area contributed by atoms with Gasteiger partial charge in [-0.1, -0.05) is 38.7 Å². The summed E-state index contributed by atoms with van der Waals surface area (Å²) >= 11 is 0. The molecule has 5 heteroatoms. The lowest BCUT2D eigenvalue weighted by molar-refractivity contribution is -0.153. The fourth-order valence-corrected chi connectivity index (χ4v) is 3.72. The lowest BCUT2D eigenvalue weighted by Gasteiger charge is -2.30. The zero-order chi connectivity index (χ0) is 20.3. The van der Waals surface area contributed by atoms with Crippen LogP contribution in [-0.2, 0) is 23.9 Å². The number of fused-ring (bicyclic) bond motifs is 2. The van der Waals surface area contributed by atoms with E-state index in [1.807, 2.05) is 13.0 Å². The highest BCUT2D eigenvalue weighted by molar-refractivity contribution is 6.24. The molecule has 5 nitrogen and oxygen atoms in total. The number of hydrogen-bond donors (Lipinski definition) is 0. The largest absolute Gasteiger partial charge is 0.464 e. The molecule has 0 spiro atoms. The molecule has 2 heterocycles. The summed E-state index contributed by atoms with van der Waals surface area (Å²) in [6, 6.07) is 0. The van der Waals surface area contributed by atoms with Gasteiger partial charge in [-0.3, -0.25) is 9.59 Å². The summed E-state index contributed by atoms with van der Waals surface area (Å²) in [6.07, 6.45) is 13.8. The Morgan fingerprint density at radius 1 is 1.14 bits per heavy atom. The number of carbonyl (C=O) groups excluding carboxylic acids is 3. The molecule has 0 N–H and O–H groups in total. The molecule has 0 amide bonds. The molecule has 2 aliphatic heterocycles. The summed E-state index contributed by atoms with van der Waals surface area (Å²) in [5.41, 5.74) is -0.102. The summed E-state index contributed by atoms with van der Waals surface area (Å²) in [4.78, 5) is 38.2. The molecule has 0 fully saturated rings. The number of ketones is 2. The molecule has 0 bridgehead atoms. The van der Waals surface area contributed by atoms with Crippen LogP contribution in [0.1, 0.15) is 59.3 Å². The monoisotopic (exact) mass is 382 g/mol. The molecule has 3 aliphatic rings. The van der Waals surface area contributed by atoms with Gasteiger partial charge < -0.3 is 9.47 Å². The molecule has 0 aromatic heterocycles. The fourth-order valence-electron chi connectivity index (χ4n) is 3.72. The average Bonchev–Trinajstić information content (AvgIpc) is 2.92. The van der Waals surface area contributed by atoms with Gasteiger partial charge in [-0.15, -0.1) is 0 Å². The Morgan fingerprint density at radius 2 is 1.89 bits per heavy atom. The number of hydrogen-bond acceptors (Lipinski definition) is 5. The lowest BCUT2D eigenvalue weighted by Crippen LogP contribution is -2.41. The van der Waals surface area contributed by atoms with E-state index in [4.69, 9.17) is 9.47 Å². The van der Waals surface area contributed by atoms with E-state index in [1.54, 1.807) is 25.2 Å². The third kappa shape index (κ3) is 3.53. The van der Waals surface area contributed by atoms with Crippen molar-refractivity contribution in [3.8, 4) is 0 Å². The molecule has 0 saturated carbocycles. The second-order valence-corrected chi connectivity index (χ2v) is 7.42. The van der Waals surface area contributed by atoms with Gasteiger partial charge in [-0.25, -0.2) is 4.79 Å². The Bertz CT molecular complexity index is 865. The van der Waals surface area contributed by atoms with E-state index in [2.05, 4.69) is 6.92 Å². The summed E-state index contributed by atoms with van der Waals surface area (Å²) in [6.45, 7) is 5.54. The van der Waals surface area contributed by atoms with Crippen molar-refractivity contribution in [1.29, 1.82) is 0 Å². The van der Waals surface area contributed by atoms with Gasteiger partial charge in [0.2, 0.25) is 5.78 Å². The number of allylic oxidation sites excluding steroid dienone is 4. The van der Waals surface area contributed by atoms with Gasteiger partial charge in [-0.2, -0.15) is 0 Å². The molecular formula is C23H26O5. The molecule has 28 heavy (non-hydrogen) atoms. The second kappa shape index (κ2) is 8.13. The van der Waals surface area contributed by atoms with Crippen LogP contribution < -0.4 is 0 Å². The molecular weight excluding hydrogens is 356 g/mol. The first kappa shape index (κ1) is 20.1. The third-order valence-electron chi connectivity index (χ3n) is 5.30. The van der Waals surface area contributed by atoms with Gasteiger partial charge in [0.05, 0.1) is 5.57 Å². The first-order valence-electron chi connectivity index (χ1n) is 9.91. The van der Waals surface area contributed by atoms with Crippen LogP contribution in [0.25, 0.3) is 0 Å². The molecule has 0 aromatic rings. The Hall–Kier alpha value is -2.69. The van der Waals surface area contributed by atoms with Crippen LogP contribution in [0, 0.1) is 0 Å². The van der Waals surface area contributed by atoms with E-state index in [0.717, 1.165) is 32.1 Å². The van der Waals surface area contributed by atoms with Crippen LogP contribution in [0.5, 0.6) is 0 Å². The molecule has 0 aromatic carbocycles. The standard InChI is InChI=1S/C23H26O5/c1-4-6-7-8-9-11-19(24)20-18-13-15-12-16(10-5-2)27-14-17(15)21(25)23(18,3)28-22(20)26/h5,10,12-14H,4,6-9,11H2,1-3H3/b10-5+. The predicted molar refractivity (Wildman–Crippen MR) is 105 cm³/mol. The van der Waals surface area contributed by atoms with E-state index >= 15 is 0 Å². The Kier molecular flexibility index (Phi) is 5.82. The normalized spacial score (nSPS) is 23.6. The highest BCUT2D eigenvalue weighted by Crippen LogP contribution is 2.44. The predicted octanol–water partition coefficient (Wildman–Crippen LogP) is 4.41. The SMILES string of the molecule is C/C=C/C1=CC2=CC3=C(C(=O)CCCCCCC)C(=O)OC3(C)C(=O)C2=CO1. The smallest absolute Gasteiger partial charge is 0.343 e. The quantitative estimate of drug-likeness (QED) is 0.353. The van der Waals surface area contributed by atoms with Crippen molar-refractivity contribution >= 4 is 17.5 Å². The topological polar surface area (TPSA) is 69.7 Å². The first-order valence-corrected chi connectivity index (χ1v) is 9.91. The first-order chi connectivity index (χ1) is 13.4. The minimum atomic E-state index is -1.46. The maximum absolute atomic E-state index is 13.0. The lowest BCUT2D eigenvalue weighted by atomic mass is 9.77. The van der Waals surface area contributed by atoms with Crippen molar-refractivity contribution < 1.29 is 23.9 Å². The van der Waals surface area contributed by atoms with E-state index < -0.39 is 11.6 Å². The number of Topliss-reactive ketones (excluding diaryl/α,β-unsaturated/α-hetero) is 2. The molecule has 1 atom stereocenters. The number of carbonyl (C=O) groups is 3. The number of rotatable bonds is 8. The highest BCUT2D eigenvalue weighted by Gasteiger charge is 2.54. The van der Waals surface area contributed by atoms with Crippen LogP contribution in [0.3, 0.4) is 0 Å². The number of unbranched alkanes of at least 4 members (excludes halogenated alkanes) is 4. The van der Waals surface area contributed by atoms with Gasteiger partial charge >= 0.3 is 5.97 Å². The summed E-state index contributed by atoms with van der Waals surface area (Å²) < 4.78 is 10.9. The molecule has 0 saturated heterocycles. The minimum absolute atomic E-state index is 0.0189. The Labute approximate surface area is 165 Å². The van der Waals surface area contributed by atoms with Gasteiger partial charge in [0.1, 0.15) is 17.6 Å². The van der Waals surface area contributed by atoms with Crippen molar-refractivity contribution in [3.05, 3.63) is 58.6 Å². The second-order valence-electron chi connectivity index (χ2n) is 7.42. The molecule has 3 rings (SSSR count). The van der Waals surface area contributed by atoms with E-state index in [0.29, 0.717) is 22.5 Å². The van der Waals surface area contributed by atoms with Crippen molar-refractivity contribution in [2.75, 3.05) is 0 Å². The van der Waals surface area contributed by atoms with Crippen LogP contribution in [0.2, 0.25) is 0 Å². The van der Waals surface area contributed by atoms with E-state index in [1.165, 1.54) is 6.26 Å². The third-order valence-corrected chi connectivity index (χ3v) is 5.30. The molecule has 1 unspecified atom stereocenters. The van der Waals surface area contributed by atoms with Crippen LogP contribution in [-0.4, -0.2) is 23.1 Å². The molecule has 148 valence electrons. The van der Waals surface area contributed by atoms with Crippen molar-refractivity contribution in [3.63, 3.8) is 0 Å². The Morgan fingerprint density at radius 3 is 2.61 bits per heavy atom. The van der Waals surface area contributed by atoms with Crippen molar-refractivity contribution in [1.82, 2.24) is 0 Å². The van der Waals surface area contributed by atoms with Gasteiger partial charge in [0.15, 0.2) is 11.4 Å².